The topological polar surface area (TPSA) is 95.6 Å². The van der Waals surface area contributed by atoms with Gasteiger partial charge in [-0.25, -0.2) is 8.42 Å². The standard InChI is InChI=1S/C18H27N3O4S/c1-18(2,3)14-10-8-13(9-11-14)16(22)19-20-17(23)15-7-5-6-12-21(15)26(4,24)25/h8-11,15H,5-7,12H2,1-4H3,(H,19,22)(H,20,23)/t15-/m0/s1. The molecule has 2 amide bonds. The maximum atomic E-state index is 12.3. The number of hydrogen-bond donors (Lipinski definition) is 2. The lowest BCUT2D eigenvalue weighted by Gasteiger charge is -2.32. The number of piperidine rings is 1. The van der Waals surface area contributed by atoms with Gasteiger partial charge in [0.25, 0.3) is 11.8 Å². The molecule has 8 heteroatoms. The Balaban J connectivity index is 1.99. The minimum atomic E-state index is -3.47. The molecule has 0 aromatic heterocycles. The number of sulfonamides is 1. The summed E-state index contributed by atoms with van der Waals surface area (Å²) in [5.41, 5.74) is 6.22. The molecule has 1 aromatic carbocycles. The molecule has 1 aliphatic rings. The lowest BCUT2D eigenvalue weighted by molar-refractivity contribution is -0.126. The van der Waals surface area contributed by atoms with E-state index in [1.165, 1.54) is 4.31 Å². The maximum Gasteiger partial charge on any atom is 0.269 e. The fourth-order valence-electron chi connectivity index (χ4n) is 2.96. The van der Waals surface area contributed by atoms with Gasteiger partial charge in [-0.05, 0) is 36.0 Å². The van der Waals surface area contributed by atoms with Crippen molar-refractivity contribution in [2.75, 3.05) is 12.8 Å². The molecule has 0 unspecified atom stereocenters. The third-order valence-electron chi connectivity index (χ3n) is 4.49. The van der Waals surface area contributed by atoms with Gasteiger partial charge < -0.3 is 0 Å². The van der Waals surface area contributed by atoms with Crippen LogP contribution in [0.25, 0.3) is 0 Å². The Morgan fingerprint density at radius 2 is 1.69 bits per heavy atom. The predicted octanol–water partition coefficient (Wildman–Crippen LogP) is 1.56. The summed E-state index contributed by atoms with van der Waals surface area (Å²) in [6, 6.07) is 6.37. The SMILES string of the molecule is CC(C)(C)c1ccc(C(=O)NNC(=O)[C@@H]2CCCCN2S(C)(=O)=O)cc1. The molecule has 1 atom stereocenters. The van der Waals surface area contributed by atoms with Gasteiger partial charge in [-0.2, -0.15) is 4.31 Å². The second-order valence-corrected chi connectivity index (χ2v) is 9.59. The van der Waals surface area contributed by atoms with Crippen molar-refractivity contribution in [3.63, 3.8) is 0 Å². The van der Waals surface area contributed by atoms with Crippen LogP contribution < -0.4 is 10.9 Å². The first-order valence-corrected chi connectivity index (χ1v) is 10.5. The van der Waals surface area contributed by atoms with Crippen molar-refractivity contribution in [2.45, 2.75) is 51.5 Å². The molecule has 0 bridgehead atoms. The quantitative estimate of drug-likeness (QED) is 0.777. The van der Waals surface area contributed by atoms with Crippen molar-refractivity contribution in [1.82, 2.24) is 15.2 Å². The summed E-state index contributed by atoms with van der Waals surface area (Å²) in [6.45, 7) is 6.57. The molecule has 0 aliphatic carbocycles. The Hall–Kier alpha value is -1.93. The van der Waals surface area contributed by atoms with E-state index in [0.717, 1.165) is 24.7 Å². The number of carbonyl (C=O) groups excluding carboxylic acids is 2. The number of benzene rings is 1. The molecular formula is C18H27N3O4S. The molecule has 2 rings (SSSR count). The monoisotopic (exact) mass is 381 g/mol. The number of nitrogens with one attached hydrogen (secondary N) is 2. The predicted molar refractivity (Wildman–Crippen MR) is 99.9 cm³/mol. The van der Waals surface area contributed by atoms with E-state index in [1.54, 1.807) is 12.1 Å². The molecule has 7 nitrogen and oxygen atoms in total. The van der Waals surface area contributed by atoms with Crippen molar-refractivity contribution in [3.8, 4) is 0 Å². The Morgan fingerprint density at radius 3 is 2.23 bits per heavy atom. The lowest BCUT2D eigenvalue weighted by Crippen LogP contribution is -2.55. The molecule has 0 saturated carbocycles. The van der Waals surface area contributed by atoms with Crippen molar-refractivity contribution in [3.05, 3.63) is 35.4 Å². The highest BCUT2D eigenvalue weighted by molar-refractivity contribution is 7.88. The second-order valence-electron chi connectivity index (χ2n) is 7.66. The number of hydrogen-bond acceptors (Lipinski definition) is 4. The summed E-state index contributed by atoms with van der Waals surface area (Å²) in [5, 5.41) is 0. The van der Waals surface area contributed by atoms with Crippen LogP contribution >= 0.6 is 0 Å². The van der Waals surface area contributed by atoms with E-state index in [9.17, 15) is 18.0 Å². The van der Waals surface area contributed by atoms with Gasteiger partial charge in [0.05, 0.1) is 6.26 Å². The van der Waals surface area contributed by atoms with E-state index in [1.807, 2.05) is 12.1 Å². The van der Waals surface area contributed by atoms with Crippen LogP contribution in [0.15, 0.2) is 24.3 Å². The van der Waals surface area contributed by atoms with Gasteiger partial charge in [-0.3, -0.25) is 20.4 Å². The third kappa shape index (κ3) is 5.04. The number of rotatable bonds is 3. The lowest BCUT2D eigenvalue weighted by atomic mass is 9.87. The molecule has 1 aliphatic heterocycles. The molecular weight excluding hydrogens is 354 g/mol. The van der Waals surface area contributed by atoms with Gasteiger partial charge in [0, 0.05) is 12.1 Å². The number of nitrogens with zero attached hydrogens (tertiary/aromatic N) is 1. The van der Waals surface area contributed by atoms with Gasteiger partial charge in [-0.1, -0.05) is 39.3 Å². The number of carbonyl (C=O) groups is 2. The largest absolute Gasteiger partial charge is 0.271 e. The first-order chi connectivity index (χ1) is 12.0. The average molecular weight is 381 g/mol. The molecule has 1 aromatic rings. The van der Waals surface area contributed by atoms with Crippen molar-refractivity contribution < 1.29 is 18.0 Å². The summed E-state index contributed by atoms with van der Waals surface area (Å²) in [5.74, 6) is -0.963. The van der Waals surface area contributed by atoms with Gasteiger partial charge in [0.2, 0.25) is 10.0 Å². The molecule has 2 N–H and O–H groups in total. The highest BCUT2D eigenvalue weighted by atomic mass is 32.2. The fourth-order valence-corrected chi connectivity index (χ4v) is 4.08. The van der Waals surface area contributed by atoms with Crippen molar-refractivity contribution in [1.29, 1.82) is 0 Å². The minimum absolute atomic E-state index is 0.0146. The second kappa shape index (κ2) is 7.75. The van der Waals surface area contributed by atoms with Crippen molar-refractivity contribution in [2.24, 2.45) is 0 Å². The Morgan fingerprint density at radius 1 is 1.08 bits per heavy atom. The summed E-state index contributed by atoms with van der Waals surface area (Å²) < 4.78 is 24.9. The van der Waals surface area contributed by atoms with Crippen LogP contribution in [0.2, 0.25) is 0 Å². The Kier molecular flexibility index (Phi) is 6.08. The van der Waals surface area contributed by atoms with Crippen LogP contribution in [0.4, 0.5) is 0 Å². The van der Waals surface area contributed by atoms with Crippen LogP contribution in [0.1, 0.15) is 56.0 Å². The molecule has 1 heterocycles. The third-order valence-corrected chi connectivity index (χ3v) is 5.78. The highest BCUT2D eigenvalue weighted by Crippen LogP contribution is 2.22. The van der Waals surface area contributed by atoms with Gasteiger partial charge in [0.1, 0.15) is 6.04 Å². The van der Waals surface area contributed by atoms with E-state index >= 15 is 0 Å². The fraction of sp³-hybridized carbons (Fsp3) is 0.556. The summed E-state index contributed by atoms with van der Waals surface area (Å²) in [6.07, 6.45) is 3.03. The van der Waals surface area contributed by atoms with Crippen LogP contribution in [0.5, 0.6) is 0 Å². The molecule has 26 heavy (non-hydrogen) atoms. The van der Waals surface area contributed by atoms with Crippen LogP contribution in [0.3, 0.4) is 0 Å². The van der Waals surface area contributed by atoms with E-state index in [4.69, 9.17) is 0 Å². The van der Waals surface area contributed by atoms with Crippen LogP contribution in [-0.4, -0.2) is 43.4 Å². The first-order valence-electron chi connectivity index (χ1n) is 8.68. The molecule has 0 radical (unpaired) electrons. The summed E-state index contributed by atoms with van der Waals surface area (Å²) in [4.78, 5) is 24.6. The van der Waals surface area contributed by atoms with Crippen LogP contribution in [0, 0.1) is 0 Å². The van der Waals surface area contributed by atoms with E-state index < -0.39 is 27.9 Å². The van der Waals surface area contributed by atoms with Gasteiger partial charge >= 0.3 is 0 Å². The Bertz CT molecular complexity index is 767. The number of hydrazine groups is 1. The van der Waals surface area contributed by atoms with E-state index in [0.29, 0.717) is 18.5 Å². The zero-order chi connectivity index (χ0) is 19.5. The van der Waals surface area contributed by atoms with Gasteiger partial charge in [0.15, 0.2) is 0 Å². The zero-order valence-electron chi connectivity index (χ0n) is 15.7. The first kappa shape index (κ1) is 20.4. The average Bonchev–Trinajstić information content (AvgIpc) is 2.58. The summed E-state index contributed by atoms with van der Waals surface area (Å²) >= 11 is 0. The maximum absolute atomic E-state index is 12.3. The minimum Gasteiger partial charge on any atom is -0.271 e. The normalized spacial score (nSPS) is 19.0. The van der Waals surface area contributed by atoms with Gasteiger partial charge in [-0.15, -0.1) is 0 Å². The van der Waals surface area contributed by atoms with Crippen LogP contribution in [-0.2, 0) is 20.2 Å². The van der Waals surface area contributed by atoms with E-state index in [2.05, 4.69) is 31.6 Å². The molecule has 1 saturated heterocycles. The Labute approximate surface area is 155 Å². The summed E-state index contributed by atoms with van der Waals surface area (Å²) in [7, 11) is -3.47. The molecule has 144 valence electrons. The molecule has 1 fully saturated rings. The molecule has 0 spiro atoms. The van der Waals surface area contributed by atoms with Crippen molar-refractivity contribution >= 4 is 21.8 Å². The zero-order valence-corrected chi connectivity index (χ0v) is 16.5. The van der Waals surface area contributed by atoms with E-state index in [-0.39, 0.29) is 5.41 Å². The highest BCUT2D eigenvalue weighted by Gasteiger charge is 2.34. The number of amides is 2. The smallest absolute Gasteiger partial charge is 0.269 e.